The molecule has 0 N–H and O–H groups in total. The molecule has 0 bridgehead atoms. The number of aryl methyl sites for hydroxylation is 1. The van der Waals surface area contributed by atoms with Crippen LogP contribution in [-0.2, 0) is 0 Å². The number of rotatable bonds is 2. The molecule has 0 unspecified atom stereocenters. The summed E-state index contributed by atoms with van der Waals surface area (Å²) in [6, 6.07) is 8.25. The molecule has 17 heavy (non-hydrogen) atoms. The Morgan fingerprint density at radius 2 is 2.18 bits per heavy atom. The first-order valence-corrected chi connectivity index (χ1v) is 6.14. The maximum Gasteiger partial charge on any atom is 0.146 e. The van der Waals surface area contributed by atoms with Crippen LogP contribution in [0.1, 0.15) is 11.3 Å². The molecule has 0 saturated carbocycles. The third-order valence-electron chi connectivity index (χ3n) is 2.45. The van der Waals surface area contributed by atoms with Gasteiger partial charge in [-0.05, 0) is 24.4 Å². The van der Waals surface area contributed by atoms with Crippen LogP contribution in [0.5, 0.6) is 0 Å². The first kappa shape index (κ1) is 11.6. The quantitative estimate of drug-likeness (QED) is 0.814. The molecule has 0 spiro atoms. The molecule has 0 aliphatic heterocycles. The minimum absolute atomic E-state index is 0.642. The Morgan fingerprint density at radius 3 is 2.71 bits per heavy atom. The Hall–Kier alpha value is -1.86. The van der Waals surface area contributed by atoms with E-state index in [1.165, 1.54) is 0 Å². The summed E-state index contributed by atoms with van der Waals surface area (Å²) in [7, 11) is 3.81. The van der Waals surface area contributed by atoms with Crippen LogP contribution in [0.15, 0.2) is 23.6 Å². The highest BCUT2D eigenvalue weighted by atomic mass is 32.1. The van der Waals surface area contributed by atoms with Gasteiger partial charge in [0.15, 0.2) is 0 Å². The maximum atomic E-state index is 9.33. The number of nitriles is 1. The van der Waals surface area contributed by atoms with E-state index in [0.29, 0.717) is 5.56 Å². The van der Waals surface area contributed by atoms with Crippen molar-refractivity contribution in [2.75, 3.05) is 19.0 Å². The lowest BCUT2D eigenvalue weighted by Crippen LogP contribution is -2.13. The lowest BCUT2D eigenvalue weighted by Gasteiger charge is -2.16. The van der Waals surface area contributed by atoms with Gasteiger partial charge in [0.2, 0.25) is 0 Å². The topological polar surface area (TPSA) is 39.9 Å². The number of hydrogen-bond acceptors (Lipinski definition) is 4. The van der Waals surface area contributed by atoms with E-state index in [2.05, 4.69) is 11.1 Å². The van der Waals surface area contributed by atoms with Crippen LogP contribution >= 0.6 is 11.3 Å². The largest absolute Gasteiger partial charge is 0.362 e. The zero-order valence-corrected chi connectivity index (χ0v) is 10.9. The minimum atomic E-state index is 0.642. The van der Waals surface area contributed by atoms with Crippen LogP contribution in [0.2, 0.25) is 0 Å². The Labute approximate surface area is 105 Å². The average Bonchev–Trinajstić information content (AvgIpc) is 2.81. The van der Waals surface area contributed by atoms with Crippen molar-refractivity contribution < 1.29 is 0 Å². The van der Waals surface area contributed by atoms with Crippen LogP contribution in [0, 0.1) is 18.3 Å². The van der Waals surface area contributed by atoms with E-state index >= 15 is 0 Å². The van der Waals surface area contributed by atoms with Gasteiger partial charge in [-0.3, -0.25) is 0 Å². The van der Waals surface area contributed by atoms with Gasteiger partial charge in [0.05, 0.1) is 0 Å². The number of aromatic nitrogens is 1. The van der Waals surface area contributed by atoms with Crippen LogP contribution in [0.3, 0.4) is 0 Å². The van der Waals surface area contributed by atoms with Gasteiger partial charge in [-0.1, -0.05) is 6.07 Å². The predicted octanol–water partition coefficient (Wildman–Crippen LogP) is 3.06. The lowest BCUT2D eigenvalue weighted by atomic mass is 10.1. The van der Waals surface area contributed by atoms with Crippen molar-refractivity contribution in [2.24, 2.45) is 0 Å². The van der Waals surface area contributed by atoms with E-state index in [-0.39, 0.29) is 0 Å². The zero-order chi connectivity index (χ0) is 12.4. The average molecular weight is 243 g/mol. The second-order valence-electron chi connectivity index (χ2n) is 3.99. The normalized spacial score (nSPS) is 10.0. The molecule has 86 valence electrons. The molecule has 4 heteroatoms. The number of thiophene rings is 1. The summed E-state index contributed by atoms with van der Waals surface area (Å²) in [5.41, 5.74) is 2.54. The fourth-order valence-electron chi connectivity index (χ4n) is 1.72. The third kappa shape index (κ3) is 2.15. The number of anilines is 1. The molecule has 3 nitrogen and oxygen atoms in total. The van der Waals surface area contributed by atoms with E-state index in [1.807, 2.05) is 49.5 Å². The standard InChI is InChI=1S/C13H13N3S/c1-9-7-10(12-5-4-6-17-12)11(8-14)13(15-9)16(2)3/h4-7H,1-3H3. The highest BCUT2D eigenvalue weighted by molar-refractivity contribution is 7.13. The van der Waals surface area contributed by atoms with E-state index < -0.39 is 0 Å². The van der Waals surface area contributed by atoms with Gasteiger partial charge in [-0.15, -0.1) is 11.3 Å². The fourth-order valence-corrected chi connectivity index (χ4v) is 2.47. The second-order valence-corrected chi connectivity index (χ2v) is 4.94. The van der Waals surface area contributed by atoms with Gasteiger partial charge in [-0.25, -0.2) is 4.98 Å². The molecule has 0 aromatic carbocycles. The van der Waals surface area contributed by atoms with Crippen molar-refractivity contribution in [2.45, 2.75) is 6.92 Å². The first-order valence-electron chi connectivity index (χ1n) is 5.26. The molecule has 2 aromatic rings. The molecular formula is C13H13N3S. The van der Waals surface area contributed by atoms with Gasteiger partial charge in [0, 0.05) is 30.2 Å². The summed E-state index contributed by atoms with van der Waals surface area (Å²) in [6.45, 7) is 1.95. The molecule has 0 saturated heterocycles. The smallest absolute Gasteiger partial charge is 0.146 e. The van der Waals surface area contributed by atoms with E-state index in [0.717, 1.165) is 22.0 Å². The predicted molar refractivity (Wildman–Crippen MR) is 71.3 cm³/mol. The molecule has 0 amide bonds. The molecular weight excluding hydrogens is 230 g/mol. The van der Waals surface area contributed by atoms with Crippen LogP contribution in [0.4, 0.5) is 5.82 Å². The van der Waals surface area contributed by atoms with Gasteiger partial charge in [0.25, 0.3) is 0 Å². The van der Waals surface area contributed by atoms with E-state index in [4.69, 9.17) is 0 Å². The number of pyridine rings is 1. The van der Waals surface area contributed by atoms with Gasteiger partial charge < -0.3 is 4.90 Å². The van der Waals surface area contributed by atoms with Crippen LogP contribution in [-0.4, -0.2) is 19.1 Å². The van der Waals surface area contributed by atoms with Crippen molar-refractivity contribution in [1.29, 1.82) is 5.26 Å². The zero-order valence-electron chi connectivity index (χ0n) is 10.1. The Kier molecular flexibility index (Phi) is 3.12. The van der Waals surface area contributed by atoms with Crippen LogP contribution < -0.4 is 4.90 Å². The summed E-state index contributed by atoms with van der Waals surface area (Å²) >= 11 is 1.64. The number of nitrogens with zero attached hydrogens (tertiary/aromatic N) is 3. The Balaban J connectivity index is 2.71. The molecule has 2 heterocycles. The summed E-state index contributed by atoms with van der Waals surface area (Å²) in [5.74, 6) is 0.732. The van der Waals surface area contributed by atoms with E-state index in [9.17, 15) is 5.26 Å². The van der Waals surface area contributed by atoms with Crippen molar-refractivity contribution in [3.05, 3.63) is 34.8 Å². The fraction of sp³-hybridized carbons (Fsp3) is 0.231. The summed E-state index contributed by atoms with van der Waals surface area (Å²) in [4.78, 5) is 7.41. The monoisotopic (exact) mass is 243 g/mol. The van der Waals surface area contributed by atoms with Crippen LogP contribution in [0.25, 0.3) is 10.4 Å². The number of hydrogen-bond donors (Lipinski definition) is 0. The molecule has 0 aliphatic carbocycles. The Morgan fingerprint density at radius 1 is 1.41 bits per heavy atom. The SMILES string of the molecule is Cc1cc(-c2cccs2)c(C#N)c(N(C)C)n1. The molecule has 0 aliphatic rings. The van der Waals surface area contributed by atoms with Crippen molar-refractivity contribution in [3.63, 3.8) is 0 Å². The summed E-state index contributed by atoms with van der Waals surface area (Å²) in [5, 5.41) is 11.3. The van der Waals surface area contributed by atoms with Gasteiger partial charge >= 0.3 is 0 Å². The lowest BCUT2D eigenvalue weighted by molar-refractivity contribution is 1.04. The second kappa shape index (κ2) is 4.56. The van der Waals surface area contributed by atoms with Crippen molar-refractivity contribution in [1.82, 2.24) is 4.98 Å². The Bertz CT molecular complexity index is 565. The summed E-state index contributed by atoms with van der Waals surface area (Å²) < 4.78 is 0. The highest BCUT2D eigenvalue weighted by Crippen LogP contribution is 2.32. The first-order chi connectivity index (χ1) is 8.13. The summed E-state index contributed by atoms with van der Waals surface area (Å²) in [6.07, 6.45) is 0. The molecule has 2 rings (SSSR count). The van der Waals surface area contributed by atoms with Gasteiger partial charge in [-0.2, -0.15) is 5.26 Å². The minimum Gasteiger partial charge on any atom is -0.362 e. The highest BCUT2D eigenvalue weighted by Gasteiger charge is 2.14. The van der Waals surface area contributed by atoms with Crippen molar-refractivity contribution in [3.8, 4) is 16.5 Å². The molecule has 2 aromatic heterocycles. The maximum absolute atomic E-state index is 9.33. The van der Waals surface area contributed by atoms with Gasteiger partial charge in [0.1, 0.15) is 17.5 Å². The van der Waals surface area contributed by atoms with E-state index in [1.54, 1.807) is 11.3 Å². The third-order valence-corrected chi connectivity index (χ3v) is 3.35. The molecule has 0 atom stereocenters. The molecule has 0 radical (unpaired) electrons. The van der Waals surface area contributed by atoms with Crippen molar-refractivity contribution >= 4 is 17.2 Å². The molecule has 0 fully saturated rings.